The lowest BCUT2D eigenvalue weighted by Gasteiger charge is -1.84. The molecule has 0 amide bonds. The minimum Gasteiger partial charge on any atom is -0.550 e. The third kappa shape index (κ3) is 11.1. The average molecular weight is 297 g/mol. The quantitative estimate of drug-likeness (QED) is 0.523. The summed E-state index contributed by atoms with van der Waals surface area (Å²) in [4.78, 5) is 8.89. The van der Waals surface area contributed by atoms with Crippen LogP contribution in [0.4, 0.5) is 0 Å². The van der Waals surface area contributed by atoms with E-state index >= 15 is 0 Å². The molecular weight excluding hydrogens is 285 g/mol. The highest BCUT2D eigenvalue weighted by molar-refractivity contribution is 14.0. The van der Waals surface area contributed by atoms with Crippen molar-refractivity contribution < 1.29 is 19.6 Å². The number of carbonyl (C=O) groups excluding carboxylic acids is 1. The SMILES string of the molecule is CC(=O)[O-].C[n+]1cccc(O)c1.I. The Morgan fingerprint density at radius 1 is 1.62 bits per heavy atom. The van der Waals surface area contributed by atoms with Crippen LogP contribution in [0, 0.1) is 0 Å². The van der Waals surface area contributed by atoms with Crippen LogP contribution in [0.1, 0.15) is 6.92 Å². The molecule has 0 unspecified atom stereocenters. The van der Waals surface area contributed by atoms with Gasteiger partial charge in [0, 0.05) is 12.0 Å². The zero-order valence-corrected chi connectivity index (χ0v) is 9.76. The molecule has 1 heterocycles. The van der Waals surface area contributed by atoms with E-state index in [1.165, 1.54) is 0 Å². The molecule has 5 heteroatoms. The maximum absolute atomic E-state index is 8.89. The second-order valence-corrected chi connectivity index (χ2v) is 2.22. The summed E-state index contributed by atoms with van der Waals surface area (Å²) in [6.07, 6.45) is 3.50. The number of hydrogen-bond acceptors (Lipinski definition) is 3. The molecule has 0 atom stereocenters. The van der Waals surface area contributed by atoms with Gasteiger partial charge in [-0.25, -0.2) is 4.57 Å². The van der Waals surface area contributed by atoms with Gasteiger partial charge in [0.25, 0.3) is 0 Å². The summed E-state index contributed by atoms with van der Waals surface area (Å²) in [5, 5.41) is 17.7. The fourth-order valence-corrected chi connectivity index (χ4v) is 0.572. The molecule has 13 heavy (non-hydrogen) atoms. The molecular formula is C8H12INO3. The molecule has 0 aliphatic rings. The van der Waals surface area contributed by atoms with Crippen molar-refractivity contribution in [3.63, 3.8) is 0 Å². The van der Waals surface area contributed by atoms with E-state index in [1.807, 2.05) is 13.2 Å². The van der Waals surface area contributed by atoms with Gasteiger partial charge in [0.2, 0.25) is 6.20 Å². The lowest BCUT2D eigenvalue weighted by Crippen LogP contribution is -2.25. The van der Waals surface area contributed by atoms with Crippen LogP contribution in [0.15, 0.2) is 24.5 Å². The number of aromatic nitrogens is 1. The predicted octanol–water partition coefficient (Wildman–Crippen LogP) is -0.409. The number of hydrogen-bond donors (Lipinski definition) is 1. The van der Waals surface area contributed by atoms with Crippen LogP contribution in [-0.4, -0.2) is 11.1 Å². The smallest absolute Gasteiger partial charge is 0.210 e. The number of aliphatic carboxylic acids is 1. The standard InChI is InChI=1S/C6H7NO.C2H4O2.HI/c1-7-4-2-3-6(8)5-7;1-2(3)4;/h2-5H,1H3;1H3,(H,3,4);1H. The van der Waals surface area contributed by atoms with Crippen LogP contribution in [0.3, 0.4) is 0 Å². The van der Waals surface area contributed by atoms with Gasteiger partial charge >= 0.3 is 0 Å². The summed E-state index contributed by atoms with van der Waals surface area (Å²) in [6.45, 7) is 0.972. The highest BCUT2D eigenvalue weighted by Gasteiger charge is 1.89. The van der Waals surface area contributed by atoms with Gasteiger partial charge in [0.15, 0.2) is 11.9 Å². The monoisotopic (exact) mass is 297 g/mol. The van der Waals surface area contributed by atoms with Crippen LogP contribution in [0.5, 0.6) is 5.75 Å². The summed E-state index contributed by atoms with van der Waals surface area (Å²) in [6, 6.07) is 3.43. The Hall–Kier alpha value is -0.850. The van der Waals surface area contributed by atoms with Crippen molar-refractivity contribution in [2.45, 2.75) is 6.92 Å². The summed E-state index contributed by atoms with van der Waals surface area (Å²) in [5.74, 6) is -0.782. The minimum absolute atomic E-state index is 0. The Balaban J connectivity index is 0. The Morgan fingerprint density at radius 2 is 2.08 bits per heavy atom. The second kappa shape index (κ2) is 7.78. The van der Waals surface area contributed by atoms with E-state index in [4.69, 9.17) is 15.0 Å². The molecule has 0 radical (unpaired) electrons. The molecule has 0 aliphatic heterocycles. The predicted molar refractivity (Wildman–Crippen MR) is 55.4 cm³/mol. The van der Waals surface area contributed by atoms with Crippen molar-refractivity contribution in [1.29, 1.82) is 0 Å². The molecule has 0 saturated heterocycles. The maximum Gasteiger partial charge on any atom is 0.210 e. The van der Waals surface area contributed by atoms with E-state index < -0.39 is 5.97 Å². The summed E-state index contributed by atoms with van der Waals surface area (Å²) in [5.41, 5.74) is 0. The number of halogens is 1. The highest BCUT2D eigenvalue weighted by atomic mass is 127. The molecule has 1 N–H and O–H groups in total. The van der Waals surface area contributed by atoms with E-state index in [-0.39, 0.29) is 24.0 Å². The van der Waals surface area contributed by atoms with Gasteiger partial charge in [-0.1, -0.05) is 0 Å². The third-order valence-electron chi connectivity index (χ3n) is 0.924. The summed E-state index contributed by atoms with van der Waals surface area (Å²) in [7, 11) is 1.86. The first-order valence-corrected chi connectivity index (χ1v) is 3.34. The Kier molecular flexibility index (Phi) is 8.78. The number of rotatable bonds is 0. The third-order valence-corrected chi connectivity index (χ3v) is 0.924. The molecule has 0 bridgehead atoms. The number of carboxylic acid groups (broad SMARTS) is 1. The number of aromatic hydroxyl groups is 1. The van der Waals surface area contributed by atoms with Crippen LogP contribution in [0.25, 0.3) is 0 Å². The molecule has 1 rings (SSSR count). The zero-order chi connectivity index (χ0) is 9.56. The first-order chi connectivity index (χ1) is 5.52. The Labute approximate surface area is 93.9 Å². The van der Waals surface area contributed by atoms with Gasteiger partial charge in [0.05, 0.1) is 0 Å². The number of carbonyl (C=O) groups is 1. The molecule has 1 aromatic heterocycles. The van der Waals surface area contributed by atoms with Crippen LogP contribution >= 0.6 is 24.0 Å². The first-order valence-electron chi connectivity index (χ1n) is 3.34. The van der Waals surface area contributed by atoms with Gasteiger partial charge in [-0.3, -0.25) is 0 Å². The summed E-state index contributed by atoms with van der Waals surface area (Å²) < 4.78 is 1.79. The van der Waals surface area contributed by atoms with E-state index in [9.17, 15) is 0 Å². The van der Waals surface area contributed by atoms with Crippen molar-refractivity contribution in [2.75, 3.05) is 0 Å². The van der Waals surface area contributed by atoms with Gasteiger partial charge in [-0.05, 0) is 13.0 Å². The first kappa shape index (κ1) is 14.7. The Bertz CT molecular complexity index is 244. The minimum atomic E-state index is -1.08. The van der Waals surface area contributed by atoms with E-state index in [2.05, 4.69) is 0 Å². The van der Waals surface area contributed by atoms with Gasteiger partial charge in [-0.2, -0.15) is 0 Å². The molecule has 0 spiro atoms. The van der Waals surface area contributed by atoms with Gasteiger partial charge in [-0.15, -0.1) is 24.0 Å². The molecule has 4 nitrogen and oxygen atoms in total. The highest BCUT2D eigenvalue weighted by Crippen LogP contribution is 1.98. The number of pyridine rings is 1. The normalized spacial score (nSPS) is 7.54. The van der Waals surface area contributed by atoms with E-state index in [1.54, 1.807) is 22.9 Å². The largest absolute Gasteiger partial charge is 0.550 e. The van der Waals surface area contributed by atoms with Crippen LogP contribution < -0.4 is 9.67 Å². The molecule has 0 saturated carbocycles. The van der Waals surface area contributed by atoms with E-state index in [0.29, 0.717) is 5.75 Å². The maximum atomic E-state index is 8.89. The average Bonchev–Trinajstić information content (AvgIpc) is 1.84. The molecule has 0 fully saturated rings. The number of aryl methyl sites for hydroxylation is 1. The van der Waals surface area contributed by atoms with Crippen molar-refractivity contribution in [3.05, 3.63) is 24.5 Å². The van der Waals surface area contributed by atoms with Gasteiger partial charge in [0.1, 0.15) is 7.05 Å². The Morgan fingerprint density at radius 3 is 2.31 bits per heavy atom. The topological polar surface area (TPSA) is 64.2 Å². The molecule has 74 valence electrons. The molecule has 1 aromatic rings. The molecule has 0 aliphatic carbocycles. The van der Waals surface area contributed by atoms with Crippen molar-refractivity contribution in [1.82, 2.24) is 0 Å². The van der Waals surface area contributed by atoms with E-state index in [0.717, 1.165) is 6.92 Å². The van der Waals surface area contributed by atoms with Crippen molar-refractivity contribution >= 4 is 29.9 Å². The fourth-order valence-electron chi connectivity index (χ4n) is 0.572. The zero-order valence-electron chi connectivity index (χ0n) is 7.43. The number of carboxylic acids is 1. The van der Waals surface area contributed by atoms with Crippen molar-refractivity contribution in [2.24, 2.45) is 7.05 Å². The second-order valence-electron chi connectivity index (χ2n) is 2.22. The van der Waals surface area contributed by atoms with Crippen LogP contribution in [-0.2, 0) is 11.8 Å². The fraction of sp³-hybridized carbons (Fsp3) is 0.250. The number of nitrogens with zero attached hydrogens (tertiary/aromatic N) is 1. The summed E-state index contributed by atoms with van der Waals surface area (Å²) >= 11 is 0. The van der Waals surface area contributed by atoms with Crippen molar-refractivity contribution in [3.8, 4) is 5.75 Å². The molecule has 0 aromatic carbocycles. The van der Waals surface area contributed by atoms with Crippen LogP contribution in [0.2, 0.25) is 0 Å². The van der Waals surface area contributed by atoms with Gasteiger partial charge < -0.3 is 15.0 Å². The lowest BCUT2D eigenvalue weighted by molar-refractivity contribution is -0.671. The lowest BCUT2D eigenvalue weighted by atomic mass is 10.5.